The number of fused-ring (bicyclic) bond motifs is 1. The molecule has 0 fully saturated rings. The number of ketones is 1. The first-order valence-corrected chi connectivity index (χ1v) is 12.1. The number of hydrogen-bond donors (Lipinski definition) is 1. The van der Waals surface area contributed by atoms with Crippen LogP contribution in [0.1, 0.15) is 57.6 Å². The fourth-order valence-electron chi connectivity index (χ4n) is 5.05. The Morgan fingerprint density at radius 1 is 1.22 bits per heavy atom. The second kappa shape index (κ2) is 9.76. The Morgan fingerprint density at radius 3 is 2.61 bits per heavy atom. The highest BCUT2D eigenvalue weighted by atomic mass is 16.5. The van der Waals surface area contributed by atoms with Crippen molar-refractivity contribution in [3.05, 3.63) is 68.4 Å². The third kappa shape index (κ3) is 4.25. The molecule has 0 spiro atoms. The van der Waals surface area contributed by atoms with Gasteiger partial charge < -0.3 is 19.2 Å². The van der Waals surface area contributed by atoms with E-state index in [4.69, 9.17) is 13.9 Å². The summed E-state index contributed by atoms with van der Waals surface area (Å²) in [5.74, 6) is -4.17. The summed E-state index contributed by atoms with van der Waals surface area (Å²) in [6, 6.07) is 5.27. The zero-order chi connectivity index (χ0) is 26.3. The third-order valence-corrected chi connectivity index (χ3v) is 7.11. The summed E-state index contributed by atoms with van der Waals surface area (Å²) < 4.78 is 16.4. The number of Topliss-reactive ketones (excluding diaryl/α,β-unsaturated/α-hetero) is 1. The molecule has 0 saturated carbocycles. The number of rotatable bonds is 5. The van der Waals surface area contributed by atoms with E-state index in [9.17, 15) is 19.2 Å². The smallest absolute Gasteiger partial charge is 0.337 e. The number of nitrogens with one attached hydrogen (secondary N) is 1. The maximum absolute atomic E-state index is 13.8. The highest BCUT2D eigenvalue weighted by molar-refractivity contribution is 6.12. The normalized spacial score (nSPS) is 22.7. The highest BCUT2D eigenvalue weighted by Crippen LogP contribution is 2.45. The zero-order valence-corrected chi connectivity index (χ0v) is 21.4. The Bertz CT molecular complexity index is 1380. The van der Waals surface area contributed by atoms with Crippen molar-refractivity contribution in [2.24, 2.45) is 11.8 Å². The molecule has 4 atom stereocenters. The fraction of sp³-hybridized carbons (Fsp3) is 0.429. The standard InChI is InChI=1S/C28H31NO7/c1-7-15(4)36-28(33)22-16(5)29-19-11-14(3)21(27(32)34-6)26(31)24(19)23(22)18-12-35-20-9-8-13(2)10-17(20)25(18)30/h8-10,12,14-15,21,23,29H,7,11H2,1-6H3/t14-,15+,21-,23+/m1/s1. The first-order chi connectivity index (χ1) is 17.1. The van der Waals surface area contributed by atoms with Crippen molar-refractivity contribution in [3.63, 3.8) is 0 Å². The van der Waals surface area contributed by atoms with E-state index >= 15 is 0 Å². The van der Waals surface area contributed by atoms with E-state index in [0.29, 0.717) is 35.2 Å². The quantitative estimate of drug-likeness (QED) is 0.490. The average Bonchev–Trinajstić information content (AvgIpc) is 2.83. The van der Waals surface area contributed by atoms with Crippen LogP contribution in [0.25, 0.3) is 11.0 Å². The van der Waals surface area contributed by atoms with E-state index in [-0.39, 0.29) is 34.2 Å². The molecule has 2 aliphatic rings. The molecule has 0 saturated heterocycles. The zero-order valence-electron chi connectivity index (χ0n) is 21.4. The highest BCUT2D eigenvalue weighted by Gasteiger charge is 2.48. The minimum atomic E-state index is -1.05. The van der Waals surface area contributed by atoms with Crippen LogP contribution in [0.4, 0.5) is 0 Å². The van der Waals surface area contributed by atoms with Gasteiger partial charge >= 0.3 is 11.9 Å². The lowest BCUT2D eigenvalue weighted by molar-refractivity contribution is -0.151. The topological polar surface area (TPSA) is 112 Å². The molecule has 1 aliphatic heterocycles. The van der Waals surface area contributed by atoms with Crippen molar-refractivity contribution in [1.29, 1.82) is 0 Å². The van der Waals surface area contributed by atoms with Gasteiger partial charge in [0, 0.05) is 22.5 Å². The largest absolute Gasteiger partial charge is 0.468 e. The predicted molar refractivity (Wildman–Crippen MR) is 133 cm³/mol. The lowest BCUT2D eigenvalue weighted by atomic mass is 9.69. The molecule has 1 aromatic heterocycles. The molecule has 0 bridgehead atoms. The first kappa shape index (κ1) is 25.4. The summed E-state index contributed by atoms with van der Waals surface area (Å²) in [5.41, 5.74) is 2.49. The molecule has 4 rings (SSSR count). The van der Waals surface area contributed by atoms with Gasteiger partial charge in [0.25, 0.3) is 0 Å². The van der Waals surface area contributed by atoms with Gasteiger partial charge in [0.15, 0.2) is 11.2 Å². The minimum absolute atomic E-state index is 0.143. The molecule has 190 valence electrons. The van der Waals surface area contributed by atoms with Crippen LogP contribution in [-0.4, -0.2) is 30.9 Å². The van der Waals surface area contributed by atoms with Crippen LogP contribution < -0.4 is 10.7 Å². The lowest BCUT2D eigenvalue weighted by Crippen LogP contribution is -2.44. The van der Waals surface area contributed by atoms with Crippen LogP contribution in [0.15, 0.2) is 56.2 Å². The molecule has 1 aromatic carbocycles. The maximum atomic E-state index is 13.8. The number of aryl methyl sites for hydroxylation is 1. The molecule has 8 heteroatoms. The van der Waals surface area contributed by atoms with Crippen LogP contribution in [-0.2, 0) is 23.9 Å². The molecule has 0 unspecified atom stereocenters. The summed E-state index contributed by atoms with van der Waals surface area (Å²) in [6.07, 6.45) is 1.92. The number of esters is 2. The van der Waals surface area contributed by atoms with E-state index < -0.39 is 29.6 Å². The minimum Gasteiger partial charge on any atom is -0.468 e. The number of carbonyl (C=O) groups excluding carboxylic acids is 3. The average molecular weight is 494 g/mol. The van der Waals surface area contributed by atoms with E-state index in [1.54, 1.807) is 32.9 Å². The summed E-state index contributed by atoms with van der Waals surface area (Å²) in [4.78, 5) is 53.6. The van der Waals surface area contributed by atoms with Crippen LogP contribution in [0.3, 0.4) is 0 Å². The molecular weight excluding hydrogens is 462 g/mol. The van der Waals surface area contributed by atoms with Gasteiger partial charge in [-0.1, -0.05) is 25.5 Å². The van der Waals surface area contributed by atoms with Gasteiger partial charge in [-0.2, -0.15) is 0 Å². The van der Waals surface area contributed by atoms with Crippen LogP contribution >= 0.6 is 0 Å². The Kier molecular flexibility index (Phi) is 6.89. The molecule has 2 aromatic rings. The summed E-state index contributed by atoms with van der Waals surface area (Å²) in [5, 5.41) is 3.55. The van der Waals surface area contributed by atoms with Gasteiger partial charge in [-0.05, 0) is 51.7 Å². The number of dihydropyridines is 1. The SMILES string of the molecule is CC[C@H](C)OC(=O)C1=C(C)NC2=C(C(=O)[C@H](C(=O)OC)[C@H](C)C2)[C@H]1c1coc2ccc(C)cc2c1=O. The summed E-state index contributed by atoms with van der Waals surface area (Å²) in [7, 11) is 1.24. The van der Waals surface area contributed by atoms with Crippen LogP contribution in [0, 0.1) is 18.8 Å². The number of allylic oxidation sites excluding steroid dienone is 3. The van der Waals surface area contributed by atoms with E-state index in [0.717, 1.165) is 5.56 Å². The van der Waals surface area contributed by atoms with Gasteiger partial charge in [0.05, 0.1) is 36.4 Å². The van der Waals surface area contributed by atoms with Gasteiger partial charge in [-0.3, -0.25) is 14.4 Å². The second-order valence-corrected chi connectivity index (χ2v) is 9.68. The lowest BCUT2D eigenvalue weighted by Gasteiger charge is -2.38. The number of carbonyl (C=O) groups is 3. The van der Waals surface area contributed by atoms with Crippen molar-refractivity contribution in [1.82, 2.24) is 5.32 Å². The molecule has 36 heavy (non-hydrogen) atoms. The molecular formula is C28H31NO7. The first-order valence-electron chi connectivity index (χ1n) is 12.1. The number of hydrogen-bond acceptors (Lipinski definition) is 8. The van der Waals surface area contributed by atoms with Crippen LogP contribution in [0.2, 0.25) is 0 Å². The van der Waals surface area contributed by atoms with E-state index in [1.807, 2.05) is 19.9 Å². The van der Waals surface area contributed by atoms with Gasteiger partial charge in [0.2, 0.25) is 0 Å². The van der Waals surface area contributed by atoms with Crippen molar-refractivity contribution in [3.8, 4) is 0 Å². The van der Waals surface area contributed by atoms with Gasteiger partial charge in [0.1, 0.15) is 11.5 Å². The van der Waals surface area contributed by atoms with Crippen molar-refractivity contribution in [2.45, 2.75) is 59.5 Å². The molecule has 8 nitrogen and oxygen atoms in total. The second-order valence-electron chi connectivity index (χ2n) is 9.68. The number of benzene rings is 1. The fourth-order valence-corrected chi connectivity index (χ4v) is 5.05. The van der Waals surface area contributed by atoms with E-state index in [1.165, 1.54) is 13.4 Å². The monoisotopic (exact) mass is 493 g/mol. The van der Waals surface area contributed by atoms with Crippen molar-refractivity contribution >= 4 is 28.7 Å². The third-order valence-electron chi connectivity index (χ3n) is 7.11. The summed E-state index contributed by atoms with van der Waals surface area (Å²) >= 11 is 0. The van der Waals surface area contributed by atoms with Crippen LogP contribution in [0.5, 0.6) is 0 Å². The van der Waals surface area contributed by atoms with Gasteiger partial charge in [-0.25, -0.2) is 4.79 Å². The molecule has 1 aliphatic carbocycles. The molecule has 2 heterocycles. The van der Waals surface area contributed by atoms with Crippen molar-refractivity contribution < 1.29 is 28.3 Å². The van der Waals surface area contributed by atoms with Crippen molar-refractivity contribution in [2.75, 3.05) is 7.11 Å². The van der Waals surface area contributed by atoms with Gasteiger partial charge in [-0.15, -0.1) is 0 Å². The Labute approximate surface area is 209 Å². The predicted octanol–water partition coefficient (Wildman–Crippen LogP) is 4.06. The number of ether oxygens (including phenoxy) is 2. The Hall–Kier alpha value is -3.68. The molecule has 1 N–H and O–H groups in total. The maximum Gasteiger partial charge on any atom is 0.337 e. The Morgan fingerprint density at radius 2 is 1.94 bits per heavy atom. The molecule has 0 radical (unpaired) electrons. The Balaban J connectivity index is 1.97. The number of methoxy groups -OCH3 is 1. The summed E-state index contributed by atoms with van der Waals surface area (Å²) in [6.45, 7) is 9.06. The van der Waals surface area contributed by atoms with E-state index in [2.05, 4.69) is 5.32 Å². The molecule has 0 amide bonds.